The summed E-state index contributed by atoms with van der Waals surface area (Å²) in [7, 11) is 0. The van der Waals surface area contributed by atoms with Crippen LogP contribution in [0.15, 0.2) is 35.9 Å². The number of benzene rings is 1. The third kappa shape index (κ3) is 2.37. The van der Waals surface area contributed by atoms with Crippen LogP contribution < -0.4 is 0 Å². The van der Waals surface area contributed by atoms with Gasteiger partial charge in [-0.25, -0.2) is 0 Å². The summed E-state index contributed by atoms with van der Waals surface area (Å²) in [6.07, 6.45) is 10.2. The van der Waals surface area contributed by atoms with Gasteiger partial charge in [-0.3, -0.25) is 0 Å². The van der Waals surface area contributed by atoms with Gasteiger partial charge in [-0.1, -0.05) is 30.3 Å². The second-order valence-electron chi connectivity index (χ2n) is 5.74. The molecule has 3 rings (SSSR count). The Morgan fingerprint density at radius 2 is 1.89 bits per heavy atom. The van der Waals surface area contributed by atoms with Crippen molar-refractivity contribution in [2.75, 3.05) is 0 Å². The Morgan fingerprint density at radius 3 is 2.67 bits per heavy atom. The first-order chi connectivity index (χ1) is 8.84. The van der Waals surface area contributed by atoms with E-state index in [9.17, 15) is 5.11 Å². The van der Waals surface area contributed by atoms with Crippen molar-refractivity contribution in [3.8, 4) is 0 Å². The monoisotopic (exact) mass is 242 g/mol. The van der Waals surface area contributed by atoms with Crippen LogP contribution in [-0.4, -0.2) is 11.2 Å². The largest absolute Gasteiger partial charge is 0.388 e. The van der Waals surface area contributed by atoms with E-state index in [4.69, 9.17) is 0 Å². The Labute approximate surface area is 110 Å². The maximum absolute atomic E-state index is 10.6. The summed E-state index contributed by atoms with van der Waals surface area (Å²) in [5.74, 6) is 0.434. The Morgan fingerprint density at radius 1 is 1.06 bits per heavy atom. The van der Waals surface area contributed by atoms with E-state index in [1.165, 1.54) is 29.5 Å². The second kappa shape index (κ2) is 5.27. The molecule has 0 aliphatic heterocycles. The van der Waals surface area contributed by atoms with Crippen molar-refractivity contribution >= 4 is 0 Å². The van der Waals surface area contributed by atoms with E-state index in [1.54, 1.807) is 0 Å². The van der Waals surface area contributed by atoms with Gasteiger partial charge in [-0.05, 0) is 67.6 Å². The number of hydrogen-bond acceptors (Lipinski definition) is 1. The van der Waals surface area contributed by atoms with Crippen LogP contribution in [0.2, 0.25) is 0 Å². The van der Waals surface area contributed by atoms with Crippen LogP contribution in [0.3, 0.4) is 0 Å². The van der Waals surface area contributed by atoms with Crippen molar-refractivity contribution in [2.45, 2.75) is 51.0 Å². The zero-order valence-electron chi connectivity index (χ0n) is 10.9. The van der Waals surface area contributed by atoms with Gasteiger partial charge in [0.25, 0.3) is 0 Å². The summed E-state index contributed by atoms with van der Waals surface area (Å²) >= 11 is 0. The first-order valence-electron chi connectivity index (χ1n) is 7.28. The van der Waals surface area contributed by atoms with Crippen molar-refractivity contribution < 1.29 is 5.11 Å². The highest BCUT2D eigenvalue weighted by molar-refractivity contribution is 5.30. The smallest absolute Gasteiger partial charge is 0.0781 e. The van der Waals surface area contributed by atoms with Crippen molar-refractivity contribution in [1.29, 1.82) is 0 Å². The molecule has 1 N–H and O–H groups in total. The molecular weight excluding hydrogens is 220 g/mol. The standard InChI is InChI=1S/C17H22O/c18-17(14-7-2-1-3-8-14)16-11-10-13-6-4-5-9-15(13)12-16/h4-7,9,16-18H,1-3,8,10-12H2. The maximum atomic E-state index is 10.6. The lowest BCUT2D eigenvalue weighted by Crippen LogP contribution is -2.29. The molecule has 0 saturated carbocycles. The fourth-order valence-corrected chi connectivity index (χ4v) is 3.43. The summed E-state index contributed by atoms with van der Waals surface area (Å²) in [4.78, 5) is 0. The zero-order valence-corrected chi connectivity index (χ0v) is 10.9. The van der Waals surface area contributed by atoms with E-state index in [-0.39, 0.29) is 6.10 Å². The van der Waals surface area contributed by atoms with Crippen LogP contribution >= 0.6 is 0 Å². The molecular formula is C17H22O. The molecule has 0 radical (unpaired) electrons. The molecule has 0 bridgehead atoms. The molecule has 1 aromatic carbocycles. The van der Waals surface area contributed by atoms with E-state index < -0.39 is 0 Å². The number of fused-ring (bicyclic) bond motifs is 1. The van der Waals surface area contributed by atoms with Gasteiger partial charge < -0.3 is 5.11 Å². The molecule has 2 unspecified atom stereocenters. The van der Waals surface area contributed by atoms with E-state index in [2.05, 4.69) is 30.3 Å². The number of hydrogen-bond donors (Lipinski definition) is 1. The molecule has 18 heavy (non-hydrogen) atoms. The lowest BCUT2D eigenvalue weighted by Gasteiger charge is -2.31. The minimum Gasteiger partial charge on any atom is -0.388 e. The summed E-state index contributed by atoms with van der Waals surface area (Å²) in [5.41, 5.74) is 4.24. The number of allylic oxidation sites excluding steroid dienone is 1. The number of aliphatic hydroxyl groups excluding tert-OH is 1. The minimum absolute atomic E-state index is 0.196. The molecule has 1 nitrogen and oxygen atoms in total. The first-order valence-corrected chi connectivity index (χ1v) is 7.28. The molecule has 2 aliphatic carbocycles. The molecule has 1 heteroatoms. The summed E-state index contributed by atoms with van der Waals surface area (Å²) in [6.45, 7) is 0. The third-order valence-corrected chi connectivity index (χ3v) is 4.54. The van der Waals surface area contributed by atoms with Crippen molar-refractivity contribution in [3.63, 3.8) is 0 Å². The average molecular weight is 242 g/mol. The highest BCUT2D eigenvalue weighted by Crippen LogP contribution is 2.32. The molecule has 96 valence electrons. The van der Waals surface area contributed by atoms with Gasteiger partial charge in [0.1, 0.15) is 0 Å². The highest BCUT2D eigenvalue weighted by atomic mass is 16.3. The molecule has 0 saturated heterocycles. The van der Waals surface area contributed by atoms with Gasteiger partial charge in [0.05, 0.1) is 6.10 Å². The molecule has 0 amide bonds. The summed E-state index contributed by atoms with van der Waals surface area (Å²) in [6, 6.07) is 8.70. The predicted octanol–water partition coefficient (Wildman–Crippen LogP) is 3.65. The van der Waals surface area contributed by atoms with Crippen molar-refractivity contribution in [3.05, 3.63) is 47.0 Å². The number of aryl methyl sites for hydroxylation is 1. The molecule has 0 heterocycles. The van der Waals surface area contributed by atoms with Crippen LogP contribution in [-0.2, 0) is 12.8 Å². The van der Waals surface area contributed by atoms with Gasteiger partial charge in [0.15, 0.2) is 0 Å². The van der Waals surface area contributed by atoms with E-state index in [0.29, 0.717) is 5.92 Å². The van der Waals surface area contributed by atoms with Crippen LogP contribution in [0, 0.1) is 5.92 Å². The molecule has 2 atom stereocenters. The Kier molecular flexibility index (Phi) is 3.51. The van der Waals surface area contributed by atoms with Gasteiger partial charge >= 0.3 is 0 Å². The van der Waals surface area contributed by atoms with Crippen LogP contribution in [0.5, 0.6) is 0 Å². The van der Waals surface area contributed by atoms with Gasteiger partial charge in [-0.2, -0.15) is 0 Å². The normalized spacial score (nSPS) is 25.2. The Balaban J connectivity index is 1.73. The quantitative estimate of drug-likeness (QED) is 0.785. The molecule has 0 spiro atoms. The average Bonchev–Trinajstić information content (AvgIpc) is 2.47. The topological polar surface area (TPSA) is 20.2 Å². The van der Waals surface area contributed by atoms with Crippen LogP contribution in [0.4, 0.5) is 0 Å². The summed E-state index contributed by atoms with van der Waals surface area (Å²) in [5, 5.41) is 10.6. The lowest BCUT2D eigenvalue weighted by atomic mass is 9.77. The van der Waals surface area contributed by atoms with Gasteiger partial charge in [0, 0.05) is 0 Å². The second-order valence-corrected chi connectivity index (χ2v) is 5.74. The lowest BCUT2D eigenvalue weighted by molar-refractivity contribution is 0.126. The molecule has 0 fully saturated rings. The third-order valence-electron chi connectivity index (χ3n) is 4.54. The molecule has 1 aromatic rings. The fraction of sp³-hybridized carbons (Fsp3) is 0.529. The van der Waals surface area contributed by atoms with Crippen molar-refractivity contribution in [2.24, 2.45) is 5.92 Å². The molecule has 2 aliphatic rings. The fourth-order valence-electron chi connectivity index (χ4n) is 3.43. The first kappa shape index (κ1) is 12.0. The highest BCUT2D eigenvalue weighted by Gasteiger charge is 2.27. The van der Waals surface area contributed by atoms with Crippen LogP contribution in [0.1, 0.15) is 43.2 Å². The van der Waals surface area contributed by atoms with E-state index >= 15 is 0 Å². The Hall–Kier alpha value is -1.08. The summed E-state index contributed by atoms with van der Waals surface area (Å²) < 4.78 is 0. The zero-order chi connectivity index (χ0) is 12.4. The van der Waals surface area contributed by atoms with E-state index in [0.717, 1.165) is 32.1 Å². The van der Waals surface area contributed by atoms with Crippen molar-refractivity contribution in [1.82, 2.24) is 0 Å². The van der Waals surface area contributed by atoms with Gasteiger partial charge in [0.2, 0.25) is 0 Å². The Bertz CT molecular complexity index is 447. The van der Waals surface area contributed by atoms with Gasteiger partial charge in [-0.15, -0.1) is 0 Å². The SMILES string of the molecule is OC(C1=CCCCC1)C1CCc2ccccc2C1. The minimum atomic E-state index is -0.196. The number of rotatable bonds is 2. The maximum Gasteiger partial charge on any atom is 0.0781 e. The van der Waals surface area contributed by atoms with Crippen LogP contribution in [0.25, 0.3) is 0 Å². The van der Waals surface area contributed by atoms with E-state index in [1.807, 2.05) is 0 Å². The molecule has 0 aromatic heterocycles. The number of aliphatic hydroxyl groups is 1. The predicted molar refractivity (Wildman–Crippen MR) is 74.5 cm³/mol.